The molecule has 0 radical (unpaired) electrons. The van der Waals surface area contributed by atoms with E-state index in [1.807, 2.05) is 12.1 Å². The summed E-state index contributed by atoms with van der Waals surface area (Å²) in [6, 6.07) is 17.2. The average Bonchev–Trinajstić information content (AvgIpc) is 3.36. The lowest BCUT2D eigenvalue weighted by Gasteiger charge is -2.48. The van der Waals surface area contributed by atoms with Crippen molar-refractivity contribution in [1.29, 1.82) is 0 Å². The van der Waals surface area contributed by atoms with Crippen LogP contribution >= 0.6 is 0 Å². The number of methoxy groups -OCH3 is 2. The Hall–Kier alpha value is -2.08. The third-order valence-corrected chi connectivity index (χ3v) is 7.52. The summed E-state index contributed by atoms with van der Waals surface area (Å²) in [6.45, 7) is 1.71. The molecule has 2 saturated heterocycles. The van der Waals surface area contributed by atoms with Crippen molar-refractivity contribution in [2.75, 3.05) is 34.4 Å². The largest absolute Gasteiger partial charge is 0.493 e. The number of benzene rings is 2. The van der Waals surface area contributed by atoms with Crippen LogP contribution in [0.25, 0.3) is 0 Å². The fraction of sp³-hybridized carbons (Fsp3) is 0.520. The predicted octanol–water partition coefficient (Wildman–Crippen LogP) is 4.31. The van der Waals surface area contributed by atoms with Crippen molar-refractivity contribution in [1.82, 2.24) is 4.90 Å². The van der Waals surface area contributed by atoms with E-state index < -0.39 is 5.79 Å². The molecule has 0 amide bonds. The third kappa shape index (κ3) is 3.11. The van der Waals surface area contributed by atoms with Gasteiger partial charge in [0, 0.05) is 24.3 Å². The minimum atomic E-state index is -0.482. The number of ether oxygens (including phenoxy) is 4. The van der Waals surface area contributed by atoms with Crippen molar-refractivity contribution in [3.05, 3.63) is 59.7 Å². The molecule has 5 rings (SSSR count). The van der Waals surface area contributed by atoms with Gasteiger partial charge in [0.05, 0.1) is 20.8 Å². The SMILES string of the molecule is COc1ccc([C@]23CCN(C)[C@H]2CC2(CC3)OC[C@H](c3ccccc3)O2)cc1OC. The zero-order chi connectivity index (χ0) is 20.8. The summed E-state index contributed by atoms with van der Waals surface area (Å²) in [5.74, 6) is 1.10. The number of likely N-dealkylation sites (N-methyl/N-ethyl adjacent to an activating group) is 1. The molecule has 1 unspecified atom stereocenters. The predicted molar refractivity (Wildman–Crippen MR) is 115 cm³/mol. The van der Waals surface area contributed by atoms with Gasteiger partial charge in [0.2, 0.25) is 0 Å². The maximum Gasteiger partial charge on any atom is 0.170 e. The summed E-state index contributed by atoms with van der Waals surface area (Å²) in [6.07, 6.45) is 4.00. The fourth-order valence-electron chi connectivity index (χ4n) is 5.83. The van der Waals surface area contributed by atoms with Crippen LogP contribution in [0, 0.1) is 0 Å². The molecule has 4 atom stereocenters. The normalized spacial score (nSPS) is 33.6. The Bertz CT molecular complexity index is 903. The van der Waals surface area contributed by atoms with E-state index in [0.717, 1.165) is 43.7 Å². The summed E-state index contributed by atoms with van der Waals surface area (Å²) in [5.41, 5.74) is 2.63. The first kappa shape index (κ1) is 19.9. The lowest BCUT2D eigenvalue weighted by atomic mass is 9.64. The van der Waals surface area contributed by atoms with Crippen LogP contribution in [-0.2, 0) is 14.9 Å². The van der Waals surface area contributed by atoms with E-state index in [1.165, 1.54) is 11.1 Å². The topological polar surface area (TPSA) is 40.2 Å². The molecule has 5 nitrogen and oxygen atoms in total. The van der Waals surface area contributed by atoms with Crippen LogP contribution in [0.15, 0.2) is 48.5 Å². The highest BCUT2D eigenvalue weighted by molar-refractivity contribution is 5.46. The molecular formula is C25H31NO4. The van der Waals surface area contributed by atoms with Gasteiger partial charge in [0.1, 0.15) is 6.10 Å². The number of rotatable bonds is 4. The van der Waals surface area contributed by atoms with Gasteiger partial charge in [-0.3, -0.25) is 0 Å². The minimum absolute atomic E-state index is 0.0199. The van der Waals surface area contributed by atoms with Crippen molar-refractivity contribution < 1.29 is 18.9 Å². The van der Waals surface area contributed by atoms with Crippen LogP contribution in [0.3, 0.4) is 0 Å². The summed E-state index contributed by atoms with van der Waals surface area (Å²) in [7, 11) is 5.62. The van der Waals surface area contributed by atoms with Gasteiger partial charge in [0.15, 0.2) is 17.3 Å². The smallest absolute Gasteiger partial charge is 0.170 e. The first-order chi connectivity index (χ1) is 14.6. The van der Waals surface area contributed by atoms with E-state index in [4.69, 9.17) is 18.9 Å². The number of likely N-dealkylation sites (tertiary alicyclic amines) is 1. The van der Waals surface area contributed by atoms with Crippen LogP contribution in [0.2, 0.25) is 0 Å². The summed E-state index contributed by atoms with van der Waals surface area (Å²) in [5, 5.41) is 0. The zero-order valence-electron chi connectivity index (χ0n) is 18.1. The lowest BCUT2D eigenvalue weighted by molar-refractivity contribution is -0.204. The van der Waals surface area contributed by atoms with E-state index in [1.54, 1.807) is 14.2 Å². The molecule has 0 bridgehead atoms. The Labute approximate surface area is 178 Å². The highest BCUT2D eigenvalue weighted by atomic mass is 16.7. The number of hydrogen-bond donors (Lipinski definition) is 0. The summed E-state index contributed by atoms with van der Waals surface area (Å²) < 4.78 is 24.0. The van der Waals surface area contributed by atoms with Crippen molar-refractivity contribution in [2.24, 2.45) is 0 Å². The van der Waals surface area contributed by atoms with Gasteiger partial charge in [-0.15, -0.1) is 0 Å². The molecule has 1 saturated carbocycles. The Morgan fingerprint density at radius 1 is 0.967 bits per heavy atom. The van der Waals surface area contributed by atoms with E-state index in [2.05, 4.69) is 48.3 Å². The number of fused-ring (bicyclic) bond motifs is 1. The molecule has 0 aromatic heterocycles. The Morgan fingerprint density at radius 2 is 1.77 bits per heavy atom. The molecule has 160 valence electrons. The Kier molecular flexibility index (Phi) is 5.00. The van der Waals surface area contributed by atoms with Crippen LogP contribution < -0.4 is 9.47 Å². The van der Waals surface area contributed by atoms with Gasteiger partial charge in [-0.2, -0.15) is 0 Å². The summed E-state index contributed by atoms with van der Waals surface area (Å²) >= 11 is 0. The maximum absolute atomic E-state index is 6.60. The molecule has 2 aliphatic heterocycles. The second-order valence-corrected chi connectivity index (χ2v) is 8.92. The van der Waals surface area contributed by atoms with Crippen molar-refractivity contribution in [3.63, 3.8) is 0 Å². The van der Waals surface area contributed by atoms with Gasteiger partial charge in [-0.25, -0.2) is 0 Å². The zero-order valence-corrected chi connectivity index (χ0v) is 18.1. The highest BCUT2D eigenvalue weighted by Crippen LogP contribution is 2.55. The quantitative estimate of drug-likeness (QED) is 0.752. The van der Waals surface area contributed by atoms with Gasteiger partial charge in [0.25, 0.3) is 0 Å². The molecule has 2 aromatic carbocycles. The molecule has 1 spiro atoms. The molecule has 5 heteroatoms. The summed E-state index contributed by atoms with van der Waals surface area (Å²) in [4.78, 5) is 2.49. The molecular weight excluding hydrogens is 378 g/mol. The first-order valence-electron chi connectivity index (χ1n) is 10.9. The number of nitrogens with zero attached hydrogens (tertiary/aromatic N) is 1. The standard InChI is InChI=1S/C25H31NO4/c1-26-14-13-24(19-9-10-20(27-2)21(15-19)28-3)11-12-25(16-23(24)26)29-17-22(30-25)18-7-5-4-6-8-18/h4-10,15,22-23H,11-14,16-17H2,1-3H3/t22-,23+,24+,25?/m1/s1. The van der Waals surface area contributed by atoms with Crippen LogP contribution in [0.5, 0.6) is 11.5 Å². The second-order valence-electron chi connectivity index (χ2n) is 8.92. The molecule has 3 fully saturated rings. The van der Waals surface area contributed by atoms with Crippen LogP contribution in [-0.4, -0.2) is 51.1 Å². The van der Waals surface area contributed by atoms with E-state index in [0.29, 0.717) is 12.6 Å². The molecule has 2 heterocycles. The van der Waals surface area contributed by atoms with E-state index >= 15 is 0 Å². The molecule has 1 aliphatic carbocycles. The highest BCUT2D eigenvalue weighted by Gasteiger charge is 2.57. The molecule has 3 aliphatic rings. The lowest BCUT2D eigenvalue weighted by Crippen LogP contribution is -2.52. The fourth-order valence-corrected chi connectivity index (χ4v) is 5.83. The van der Waals surface area contributed by atoms with Gasteiger partial charge >= 0.3 is 0 Å². The third-order valence-electron chi connectivity index (χ3n) is 7.52. The average molecular weight is 410 g/mol. The Balaban J connectivity index is 1.42. The first-order valence-corrected chi connectivity index (χ1v) is 10.9. The molecule has 30 heavy (non-hydrogen) atoms. The van der Waals surface area contributed by atoms with Gasteiger partial charge in [-0.05, 0) is 49.7 Å². The van der Waals surface area contributed by atoms with Crippen molar-refractivity contribution in [2.45, 2.75) is 49.0 Å². The van der Waals surface area contributed by atoms with E-state index in [9.17, 15) is 0 Å². The number of hydrogen-bond acceptors (Lipinski definition) is 5. The Morgan fingerprint density at radius 3 is 2.53 bits per heavy atom. The van der Waals surface area contributed by atoms with Gasteiger partial charge in [-0.1, -0.05) is 36.4 Å². The minimum Gasteiger partial charge on any atom is -0.493 e. The van der Waals surface area contributed by atoms with Crippen LogP contribution in [0.1, 0.15) is 42.9 Å². The molecule has 2 aromatic rings. The van der Waals surface area contributed by atoms with Crippen molar-refractivity contribution in [3.8, 4) is 11.5 Å². The molecule has 0 N–H and O–H groups in total. The van der Waals surface area contributed by atoms with Crippen molar-refractivity contribution >= 4 is 0 Å². The second kappa shape index (κ2) is 7.56. The maximum atomic E-state index is 6.60. The van der Waals surface area contributed by atoms with E-state index in [-0.39, 0.29) is 11.5 Å². The van der Waals surface area contributed by atoms with Gasteiger partial charge < -0.3 is 23.8 Å². The van der Waals surface area contributed by atoms with Crippen LogP contribution in [0.4, 0.5) is 0 Å². The monoisotopic (exact) mass is 409 g/mol.